The third-order valence-corrected chi connectivity index (χ3v) is 5.15. The van der Waals surface area contributed by atoms with Crippen LogP contribution in [0.25, 0.3) is 0 Å². The average molecular weight is 352 g/mol. The second-order valence-electron chi connectivity index (χ2n) is 6.90. The van der Waals surface area contributed by atoms with Gasteiger partial charge in [0.05, 0.1) is 23.9 Å². The summed E-state index contributed by atoms with van der Waals surface area (Å²) in [5, 5.41) is 2.94. The van der Waals surface area contributed by atoms with Gasteiger partial charge in [-0.2, -0.15) is 0 Å². The van der Waals surface area contributed by atoms with E-state index in [0.717, 1.165) is 17.7 Å². The van der Waals surface area contributed by atoms with Gasteiger partial charge in [0.2, 0.25) is 0 Å². The molecule has 1 saturated carbocycles. The first kappa shape index (κ1) is 16.6. The number of carbonyl (C=O) groups is 3. The van der Waals surface area contributed by atoms with Crippen molar-refractivity contribution in [2.45, 2.75) is 32.2 Å². The number of carbonyl (C=O) groups excluding carboxylic acids is 3. The van der Waals surface area contributed by atoms with Crippen LogP contribution in [0.2, 0.25) is 0 Å². The monoisotopic (exact) mass is 352 g/mol. The molecule has 1 aromatic heterocycles. The van der Waals surface area contributed by atoms with Crippen molar-refractivity contribution in [1.82, 2.24) is 10.2 Å². The molecule has 0 unspecified atom stereocenters. The highest BCUT2D eigenvalue weighted by molar-refractivity contribution is 6.21. The molecule has 4 rings (SSSR count). The van der Waals surface area contributed by atoms with E-state index in [1.54, 1.807) is 24.3 Å². The average Bonchev–Trinajstić information content (AvgIpc) is 3.39. The zero-order chi connectivity index (χ0) is 18.1. The van der Waals surface area contributed by atoms with E-state index in [4.69, 9.17) is 4.42 Å². The van der Waals surface area contributed by atoms with Crippen LogP contribution in [0.5, 0.6) is 0 Å². The minimum absolute atomic E-state index is 0.0859. The van der Waals surface area contributed by atoms with Crippen LogP contribution in [0.4, 0.5) is 0 Å². The lowest BCUT2D eigenvalue weighted by atomic mass is 10.0. The van der Waals surface area contributed by atoms with Crippen molar-refractivity contribution in [2.24, 2.45) is 5.92 Å². The van der Waals surface area contributed by atoms with Crippen molar-refractivity contribution in [2.75, 3.05) is 6.54 Å². The molecule has 6 heteroatoms. The molecule has 0 saturated heterocycles. The summed E-state index contributed by atoms with van der Waals surface area (Å²) in [6.07, 6.45) is 6.25. The van der Waals surface area contributed by atoms with Gasteiger partial charge in [0.15, 0.2) is 0 Å². The SMILES string of the molecule is O=C(NCC1CCCC1)c1ccc2c(c1)C(=O)N(Cc1ccco1)C2=O. The van der Waals surface area contributed by atoms with E-state index in [1.807, 2.05) is 0 Å². The quantitative estimate of drug-likeness (QED) is 0.839. The van der Waals surface area contributed by atoms with Gasteiger partial charge in [-0.3, -0.25) is 19.3 Å². The Balaban J connectivity index is 1.49. The molecular weight excluding hydrogens is 332 g/mol. The van der Waals surface area contributed by atoms with E-state index in [1.165, 1.54) is 25.2 Å². The molecule has 1 aliphatic carbocycles. The van der Waals surface area contributed by atoms with Crippen LogP contribution in [0.15, 0.2) is 41.0 Å². The smallest absolute Gasteiger partial charge is 0.261 e. The van der Waals surface area contributed by atoms with Crippen LogP contribution in [-0.2, 0) is 6.54 Å². The molecule has 3 amide bonds. The summed E-state index contributed by atoms with van der Waals surface area (Å²) in [5.74, 6) is 0.116. The fraction of sp³-hybridized carbons (Fsp3) is 0.350. The van der Waals surface area contributed by atoms with Crippen molar-refractivity contribution in [3.63, 3.8) is 0 Å². The molecular formula is C20H20N2O4. The molecule has 2 aromatic rings. The number of imide groups is 1. The minimum atomic E-state index is -0.396. The van der Waals surface area contributed by atoms with Gasteiger partial charge in [-0.25, -0.2) is 0 Å². The zero-order valence-corrected chi connectivity index (χ0v) is 14.4. The van der Waals surface area contributed by atoms with Crippen molar-refractivity contribution in [3.05, 3.63) is 59.0 Å². The largest absolute Gasteiger partial charge is 0.467 e. The fourth-order valence-electron chi connectivity index (χ4n) is 3.69. The van der Waals surface area contributed by atoms with Crippen molar-refractivity contribution < 1.29 is 18.8 Å². The lowest BCUT2D eigenvalue weighted by Gasteiger charge is -2.11. The van der Waals surface area contributed by atoms with Crippen molar-refractivity contribution in [1.29, 1.82) is 0 Å². The van der Waals surface area contributed by atoms with E-state index in [2.05, 4.69) is 5.32 Å². The number of hydrogen-bond acceptors (Lipinski definition) is 4. The maximum Gasteiger partial charge on any atom is 0.261 e. The predicted molar refractivity (Wildman–Crippen MR) is 93.6 cm³/mol. The number of nitrogens with one attached hydrogen (secondary N) is 1. The van der Waals surface area contributed by atoms with Gasteiger partial charge in [0.1, 0.15) is 5.76 Å². The molecule has 1 N–H and O–H groups in total. The van der Waals surface area contributed by atoms with Gasteiger partial charge in [0, 0.05) is 12.1 Å². The highest BCUT2D eigenvalue weighted by Gasteiger charge is 2.36. The Morgan fingerprint density at radius 1 is 1.12 bits per heavy atom. The Morgan fingerprint density at radius 2 is 1.88 bits per heavy atom. The second-order valence-corrected chi connectivity index (χ2v) is 6.90. The van der Waals surface area contributed by atoms with Crippen molar-refractivity contribution in [3.8, 4) is 0 Å². The molecule has 0 spiro atoms. The first-order chi connectivity index (χ1) is 12.6. The zero-order valence-electron chi connectivity index (χ0n) is 14.4. The summed E-state index contributed by atoms with van der Waals surface area (Å²) in [6, 6.07) is 8.10. The fourth-order valence-corrected chi connectivity index (χ4v) is 3.69. The molecule has 134 valence electrons. The molecule has 0 radical (unpaired) electrons. The Kier molecular flexibility index (Phi) is 4.32. The van der Waals surface area contributed by atoms with Gasteiger partial charge < -0.3 is 9.73 Å². The number of hydrogen-bond donors (Lipinski definition) is 1. The van der Waals surface area contributed by atoms with Crippen LogP contribution in [0.1, 0.15) is 62.5 Å². The first-order valence-corrected chi connectivity index (χ1v) is 8.94. The minimum Gasteiger partial charge on any atom is -0.467 e. The van der Waals surface area contributed by atoms with E-state index >= 15 is 0 Å². The van der Waals surface area contributed by atoms with E-state index < -0.39 is 5.91 Å². The number of rotatable bonds is 5. The summed E-state index contributed by atoms with van der Waals surface area (Å²) >= 11 is 0. The lowest BCUT2D eigenvalue weighted by Crippen LogP contribution is -2.29. The highest BCUT2D eigenvalue weighted by atomic mass is 16.3. The maximum atomic E-state index is 12.6. The van der Waals surface area contributed by atoms with Crippen LogP contribution in [0, 0.1) is 5.92 Å². The lowest BCUT2D eigenvalue weighted by molar-refractivity contribution is 0.0631. The Hall–Kier alpha value is -2.89. The summed E-state index contributed by atoms with van der Waals surface area (Å²) in [5.41, 5.74) is 1.01. The molecule has 1 fully saturated rings. The third kappa shape index (κ3) is 3.03. The number of amides is 3. The van der Waals surface area contributed by atoms with E-state index in [0.29, 0.717) is 29.3 Å². The summed E-state index contributed by atoms with van der Waals surface area (Å²) in [4.78, 5) is 38.6. The first-order valence-electron chi connectivity index (χ1n) is 8.94. The molecule has 1 aliphatic heterocycles. The summed E-state index contributed by atoms with van der Waals surface area (Å²) in [6.45, 7) is 0.746. The van der Waals surface area contributed by atoms with Crippen LogP contribution in [-0.4, -0.2) is 29.2 Å². The molecule has 0 atom stereocenters. The molecule has 6 nitrogen and oxygen atoms in total. The van der Waals surface area contributed by atoms with Crippen LogP contribution in [0.3, 0.4) is 0 Å². The maximum absolute atomic E-state index is 12.6. The van der Waals surface area contributed by atoms with Gasteiger partial charge in [-0.05, 0) is 49.1 Å². The standard InChI is InChI=1S/C20H20N2O4/c23-18(21-11-13-4-1-2-5-13)14-7-8-16-17(10-14)20(25)22(19(16)24)12-15-6-3-9-26-15/h3,6-10,13H,1-2,4-5,11-12H2,(H,21,23). The van der Waals surface area contributed by atoms with Crippen LogP contribution >= 0.6 is 0 Å². The normalized spacial score (nSPS) is 17.0. The molecule has 2 heterocycles. The Labute approximate surface area is 151 Å². The topological polar surface area (TPSA) is 79.6 Å². The van der Waals surface area contributed by atoms with Gasteiger partial charge >= 0.3 is 0 Å². The number of furan rings is 1. The van der Waals surface area contributed by atoms with Crippen molar-refractivity contribution >= 4 is 17.7 Å². The van der Waals surface area contributed by atoms with E-state index in [9.17, 15) is 14.4 Å². The van der Waals surface area contributed by atoms with Crippen LogP contribution < -0.4 is 5.32 Å². The highest BCUT2D eigenvalue weighted by Crippen LogP contribution is 2.26. The van der Waals surface area contributed by atoms with Gasteiger partial charge in [-0.15, -0.1) is 0 Å². The molecule has 2 aliphatic rings. The number of nitrogens with zero attached hydrogens (tertiary/aromatic N) is 1. The predicted octanol–water partition coefficient (Wildman–Crippen LogP) is 3.00. The Morgan fingerprint density at radius 3 is 2.62 bits per heavy atom. The summed E-state index contributed by atoms with van der Waals surface area (Å²) in [7, 11) is 0. The number of fused-ring (bicyclic) bond motifs is 1. The molecule has 0 bridgehead atoms. The van der Waals surface area contributed by atoms with Gasteiger partial charge in [0.25, 0.3) is 17.7 Å². The second kappa shape index (κ2) is 6.78. The third-order valence-electron chi connectivity index (χ3n) is 5.15. The number of benzene rings is 1. The van der Waals surface area contributed by atoms with Gasteiger partial charge in [-0.1, -0.05) is 12.8 Å². The summed E-state index contributed by atoms with van der Waals surface area (Å²) < 4.78 is 5.22. The molecule has 26 heavy (non-hydrogen) atoms. The molecule has 1 aromatic carbocycles. The van der Waals surface area contributed by atoms with E-state index in [-0.39, 0.29) is 23.9 Å². The Bertz CT molecular complexity index is 851.